The number of H-pyrrole nitrogens is 1. The van der Waals surface area contributed by atoms with E-state index in [1.807, 2.05) is 0 Å². The Morgan fingerprint density at radius 1 is 1.20 bits per heavy atom. The average molecular weight is 424 g/mol. The molecule has 0 saturated heterocycles. The number of allylic oxidation sites excluding steroid dienone is 1. The number of amides is 1. The van der Waals surface area contributed by atoms with Crippen molar-refractivity contribution in [2.45, 2.75) is 12.5 Å². The van der Waals surface area contributed by atoms with Gasteiger partial charge in [0.1, 0.15) is 11.3 Å². The van der Waals surface area contributed by atoms with E-state index in [-0.39, 0.29) is 35.3 Å². The lowest BCUT2D eigenvalue weighted by molar-refractivity contribution is -0.122. The molecule has 2 heterocycles. The molecule has 3 aromatic rings. The van der Waals surface area contributed by atoms with Crippen LogP contribution in [-0.2, 0) is 4.79 Å². The molecule has 4 atom stereocenters. The van der Waals surface area contributed by atoms with Crippen molar-refractivity contribution in [2.75, 3.05) is 5.32 Å². The largest absolute Gasteiger partial charge is 0.478 e. The summed E-state index contributed by atoms with van der Waals surface area (Å²) in [6.45, 7) is 0. The summed E-state index contributed by atoms with van der Waals surface area (Å²) in [5.41, 5.74) is 8.27. The van der Waals surface area contributed by atoms with Gasteiger partial charge in [0.15, 0.2) is 5.65 Å². The molecule has 5 rings (SSSR count). The number of nitrogens with two attached hydrogens (primary N) is 1. The number of hydrogen-bond acceptors (Lipinski definition) is 5. The van der Waals surface area contributed by atoms with Crippen LogP contribution >= 0.6 is 11.6 Å². The Bertz CT molecular complexity index is 1200. The number of fused-ring (bicyclic) bond motifs is 3. The third kappa shape index (κ3) is 2.91. The number of carboxylic acids is 1. The van der Waals surface area contributed by atoms with Crippen molar-refractivity contribution in [1.82, 2.24) is 15.0 Å². The SMILES string of the molecule is NC(=O)[C@H]1[C@H](Nc2c(Cl)cnc3[nH]c(-c4ccc(C(=O)O)cc4)nc23)[C@@H]2C=C[C@@H]1C2. The zero-order valence-electron chi connectivity index (χ0n) is 15.7. The van der Waals surface area contributed by atoms with E-state index in [1.54, 1.807) is 12.1 Å². The van der Waals surface area contributed by atoms with E-state index in [0.717, 1.165) is 12.0 Å². The zero-order chi connectivity index (χ0) is 21.0. The molecule has 1 amide bonds. The van der Waals surface area contributed by atoms with Gasteiger partial charge in [-0.15, -0.1) is 0 Å². The Morgan fingerprint density at radius 2 is 1.93 bits per heavy atom. The van der Waals surface area contributed by atoms with Crippen molar-refractivity contribution in [3.8, 4) is 11.4 Å². The quantitative estimate of drug-likeness (QED) is 0.466. The van der Waals surface area contributed by atoms with E-state index < -0.39 is 5.97 Å². The number of carbonyl (C=O) groups excluding carboxylic acids is 1. The molecule has 2 bridgehead atoms. The topological polar surface area (TPSA) is 134 Å². The molecular weight excluding hydrogens is 406 g/mol. The van der Waals surface area contributed by atoms with Gasteiger partial charge in [-0.25, -0.2) is 14.8 Å². The first-order valence-corrected chi connectivity index (χ1v) is 9.92. The number of carbonyl (C=O) groups is 2. The number of rotatable bonds is 5. The first kappa shape index (κ1) is 18.6. The molecular formula is C21H18ClN5O3. The molecule has 2 aliphatic rings. The molecule has 30 heavy (non-hydrogen) atoms. The van der Waals surface area contributed by atoms with Gasteiger partial charge in [-0.05, 0) is 30.4 Å². The second-order valence-electron chi connectivity index (χ2n) is 7.69. The number of carboxylic acid groups (broad SMARTS) is 1. The number of nitrogens with one attached hydrogen (secondary N) is 2. The molecule has 0 spiro atoms. The molecule has 0 unspecified atom stereocenters. The van der Waals surface area contributed by atoms with Gasteiger partial charge in [0.05, 0.1) is 28.4 Å². The molecule has 1 aromatic carbocycles. The number of hydrogen-bond donors (Lipinski definition) is 4. The molecule has 152 valence electrons. The number of pyridine rings is 1. The summed E-state index contributed by atoms with van der Waals surface area (Å²) in [6.07, 6.45) is 6.60. The summed E-state index contributed by atoms with van der Waals surface area (Å²) < 4.78 is 0. The van der Waals surface area contributed by atoms with Crippen LogP contribution in [0.1, 0.15) is 16.8 Å². The summed E-state index contributed by atoms with van der Waals surface area (Å²) in [7, 11) is 0. The van der Waals surface area contributed by atoms with Crippen molar-refractivity contribution in [3.63, 3.8) is 0 Å². The number of halogens is 1. The van der Waals surface area contributed by atoms with Crippen LogP contribution in [0.3, 0.4) is 0 Å². The second kappa shape index (κ2) is 6.84. The van der Waals surface area contributed by atoms with Gasteiger partial charge in [-0.1, -0.05) is 35.9 Å². The fourth-order valence-corrected chi connectivity index (χ4v) is 4.74. The molecule has 2 aromatic heterocycles. The number of aromatic amines is 1. The first-order valence-electron chi connectivity index (χ1n) is 9.54. The van der Waals surface area contributed by atoms with Crippen LogP contribution < -0.4 is 11.1 Å². The normalized spacial score (nSPS) is 24.4. The zero-order valence-corrected chi connectivity index (χ0v) is 16.4. The summed E-state index contributed by atoms with van der Waals surface area (Å²) in [5, 5.41) is 12.9. The Balaban J connectivity index is 1.53. The summed E-state index contributed by atoms with van der Waals surface area (Å²) in [6, 6.07) is 6.24. The highest BCUT2D eigenvalue weighted by Gasteiger charge is 2.47. The molecule has 0 aliphatic heterocycles. The Labute approximate surface area is 176 Å². The summed E-state index contributed by atoms with van der Waals surface area (Å²) in [4.78, 5) is 35.2. The van der Waals surface area contributed by atoms with Crippen LogP contribution in [0.5, 0.6) is 0 Å². The third-order valence-corrected chi connectivity index (χ3v) is 6.26. The average Bonchev–Trinajstić information content (AvgIpc) is 3.44. The maximum absolute atomic E-state index is 12.0. The fraction of sp³-hybridized carbons (Fsp3) is 0.238. The van der Waals surface area contributed by atoms with Crippen molar-refractivity contribution in [3.05, 3.63) is 53.2 Å². The third-order valence-electron chi connectivity index (χ3n) is 5.97. The monoisotopic (exact) mass is 423 g/mol. The Morgan fingerprint density at radius 3 is 2.63 bits per heavy atom. The van der Waals surface area contributed by atoms with E-state index in [1.165, 1.54) is 18.3 Å². The molecule has 1 saturated carbocycles. The predicted molar refractivity (Wildman–Crippen MR) is 112 cm³/mol. The molecule has 1 fully saturated rings. The van der Waals surface area contributed by atoms with E-state index >= 15 is 0 Å². The van der Waals surface area contributed by atoms with E-state index in [4.69, 9.17) is 22.4 Å². The maximum atomic E-state index is 12.0. The number of aromatic carboxylic acids is 1. The van der Waals surface area contributed by atoms with Crippen molar-refractivity contribution in [1.29, 1.82) is 0 Å². The number of imidazole rings is 1. The van der Waals surface area contributed by atoms with Gasteiger partial charge in [0.25, 0.3) is 0 Å². The van der Waals surface area contributed by atoms with Crippen LogP contribution in [-0.4, -0.2) is 38.0 Å². The lowest BCUT2D eigenvalue weighted by atomic mass is 9.88. The number of benzene rings is 1. The predicted octanol–water partition coefficient (Wildman–Crippen LogP) is 3.06. The second-order valence-corrected chi connectivity index (χ2v) is 8.10. The lowest BCUT2D eigenvalue weighted by Crippen LogP contribution is -2.41. The van der Waals surface area contributed by atoms with Crippen LogP contribution in [0.15, 0.2) is 42.6 Å². The highest BCUT2D eigenvalue weighted by atomic mass is 35.5. The van der Waals surface area contributed by atoms with Crippen molar-refractivity contribution >= 4 is 40.3 Å². The first-order chi connectivity index (χ1) is 14.4. The van der Waals surface area contributed by atoms with Gasteiger partial charge in [-0.3, -0.25) is 4.79 Å². The number of aromatic nitrogens is 3. The van der Waals surface area contributed by atoms with Crippen LogP contribution in [0, 0.1) is 17.8 Å². The van der Waals surface area contributed by atoms with Crippen molar-refractivity contribution < 1.29 is 14.7 Å². The van der Waals surface area contributed by atoms with Gasteiger partial charge >= 0.3 is 5.97 Å². The lowest BCUT2D eigenvalue weighted by Gasteiger charge is -2.27. The Hall–Kier alpha value is -3.39. The number of nitrogens with zero attached hydrogens (tertiary/aromatic N) is 2. The number of anilines is 1. The van der Waals surface area contributed by atoms with E-state index in [2.05, 4.69) is 32.4 Å². The fourth-order valence-electron chi connectivity index (χ4n) is 4.55. The summed E-state index contributed by atoms with van der Waals surface area (Å²) >= 11 is 6.44. The van der Waals surface area contributed by atoms with Gasteiger partial charge in [-0.2, -0.15) is 0 Å². The van der Waals surface area contributed by atoms with Gasteiger partial charge < -0.3 is 21.1 Å². The molecule has 9 heteroatoms. The van der Waals surface area contributed by atoms with Gasteiger partial charge in [0.2, 0.25) is 5.91 Å². The minimum atomic E-state index is -0.991. The smallest absolute Gasteiger partial charge is 0.335 e. The van der Waals surface area contributed by atoms with Crippen LogP contribution in [0.25, 0.3) is 22.6 Å². The van der Waals surface area contributed by atoms with Crippen molar-refractivity contribution in [2.24, 2.45) is 23.5 Å². The van der Waals surface area contributed by atoms with Crippen LogP contribution in [0.2, 0.25) is 5.02 Å². The highest BCUT2D eigenvalue weighted by Crippen LogP contribution is 2.46. The maximum Gasteiger partial charge on any atom is 0.335 e. The van der Waals surface area contributed by atoms with Crippen LogP contribution in [0.4, 0.5) is 5.69 Å². The molecule has 5 N–H and O–H groups in total. The minimum absolute atomic E-state index is 0.142. The molecule has 0 radical (unpaired) electrons. The highest BCUT2D eigenvalue weighted by molar-refractivity contribution is 6.34. The summed E-state index contributed by atoms with van der Waals surface area (Å²) in [5.74, 6) is -0.736. The standard InChI is InChI=1S/C21H18ClN5O3/c22-13-8-24-20-17(26-19(27-20)9-1-3-10(4-2-9)21(29)30)16(13)25-15-12-6-5-11(7-12)14(15)18(23)28/h1-6,8,11-12,14-15H,7H2,(H2,23,28)(H,29,30)(H2,24,25,26,27)/t11-,12-,14-,15-/m1/s1. The molecule has 2 aliphatic carbocycles. The molecule has 8 nitrogen and oxygen atoms in total. The van der Waals surface area contributed by atoms with E-state index in [0.29, 0.717) is 27.7 Å². The van der Waals surface area contributed by atoms with Gasteiger partial charge in [0, 0.05) is 11.6 Å². The Kier molecular flexibility index (Phi) is 4.25. The van der Waals surface area contributed by atoms with E-state index in [9.17, 15) is 9.59 Å². The number of primary amides is 1. The minimum Gasteiger partial charge on any atom is -0.478 e.